The normalized spacial score (nSPS) is 29.5. The van der Waals surface area contributed by atoms with Crippen LogP contribution < -0.4 is 18.9 Å². The van der Waals surface area contributed by atoms with Crippen molar-refractivity contribution in [3.63, 3.8) is 0 Å². The summed E-state index contributed by atoms with van der Waals surface area (Å²) in [6, 6.07) is 4.88. The lowest BCUT2D eigenvalue weighted by Crippen LogP contribution is -2.59. The van der Waals surface area contributed by atoms with Gasteiger partial charge in [0.25, 0.3) is 0 Å². The molecule has 1 fully saturated rings. The zero-order chi connectivity index (χ0) is 30.0. The maximum Gasteiger partial charge on any atom is 0.201 e. The van der Waals surface area contributed by atoms with Crippen molar-refractivity contribution >= 4 is 0 Å². The van der Waals surface area contributed by atoms with Crippen molar-refractivity contribution in [2.45, 2.75) is 43.0 Å². The molecule has 1 aliphatic heterocycles. The van der Waals surface area contributed by atoms with Gasteiger partial charge in [-0.3, -0.25) is 0 Å². The van der Waals surface area contributed by atoms with Crippen molar-refractivity contribution in [3.05, 3.63) is 34.9 Å². The Bertz CT molecular complexity index is 1180. The van der Waals surface area contributed by atoms with Crippen molar-refractivity contribution in [1.29, 1.82) is 0 Å². The van der Waals surface area contributed by atoms with Gasteiger partial charge in [0.1, 0.15) is 24.4 Å². The molecule has 0 bridgehead atoms. The summed E-state index contributed by atoms with van der Waals surface area (Å²) in [6.07, 6.45) is -7.02. The van der Waals surface area contributed by atoms with Gasteiger partial charge in [-0.2, -0.15) is 0 Å². The summed E-state index contributed by atoms with van der Waals surface area (Å²) >= 11 is 0. The van der Waals surface area contributed by atoms with E-state index < -0.39 is 55.1 Å². The summed E-state index contributed by atoms with van der Waals surface area (Å²) in [5, 5.41) is 72.6. The maximum atomic E-state index is 11.0. The zero-order valence-corrected chi connectivity index (χ0v) is 23.3. The second kappa shape index (κ2) is 12.9. The largest absolute Gasteiger partial charge is 0.502 e. The van der Waals surface area contributed by atoms with Crippen molar-refractivity contribution in [2.75, 3.05) is 48.3 Å². The van der Waals surface area contributed by atoms with Crippen molar-refractivity contribution < 1.29 is 64.2 Å². The Labute approximate surface area is 237 Å². The lowest BCUT2D eigenvalue weighted by molar-refractivity contribution is -0.304. The highest BCUT2D eigenvalue weighted by Crippen LogP contribution is 2.54. The molecule has 0 unspecified atom stereocenters. The lowest BCUT2D eigenvalue weighted by Gasteiger charge is -2.43. The van der Waals surface area contributed by atoms with Gasteiger partial charge in [0, 0.05) is 18.1 Å². The minimum atomic E-state index is -1.63. The van der Waals surface area contributed by atoms with Crippen LogP contribution in [0.4, 0.5) is 0 Å². The molecule has 0 spiro atoms. The Balaban J connectivity index is 1.85. The van der Waals surface area contributed by atoms with E-state index >= 15 is 0 Å². The Hall–Kier alpha value is -3.04. The average molecular weight is 583 g/mol. The van der Waals surface area contributed by atoms with E-state index in [2.05, 4.69) is 0 Å². The van der Waals surface area contributed by atoms with Gasteiger partial charge in [-0.1, -0.05) is 0 Å². The van der Waals surface area contributed by atoms with Gasteiger partial charge in [-0.25, -0.2) is 0 Å². The number of fused-ring (bicyclic) bond motifs is 1. The number of hydrogen-bond acceptors (Lipinski definition) is 13. The first-order valence-electron chi connectivity index (χ1n) is 13.1. The highest BCUT2D eigenvalue weighted by molar-refractivity contribution is 5.64. The number of rotatable bonds is 10. The second-order valence-corrected chi connectivity index (χ2v) is 10.1. The third-order valence-corrected chi connectivity index (χ3v) is 7.99. The van der Waals surface area contributed by atoms with Crippen LogP contribution in [0.3, 0.4) is 0 Å². The fourth-order valence-electron chi connectivity index (χ4n) is 5.83. The van der Waals surface area contributed by atoms with Crippen LogP contribution in [0.25, 0.3) is 0 Å². The van der Waals surface area contributed by atoms with Crippen LogP contribution in [0.15, 0.2) is 18.2 Å². The Morgan fingerprint density at radius 1 is 0.780 bits per heavy atom. The van der Waals surface area contributed by atoms with Crippen molar-refractivity contribution in [2.24, 2.45) is 11.8 Å². The molecule has 7 N–H and O–H groups in total. The highest BCUT2D eigenvalue weighted by atomic mass is 16.7. The minimum Gasteiger partial charge on any atom is -0.502 e. The molecule has 13 nitrogen and oxygen atoms in total. The van der Waals surface area contributed by atoms with Gasteiger partial charge in [-0.15, -0.1) is 0 Å². The third-order valence-electron chi connectivity index (χ3n) is 7.99. The van der Waals surface area contributed by atoms with Crippen LogP contribution in [-0.2, 0) is 15.9 Å². The molecule has 2 aromatic carbocycles. The number of aromatic hydroxyl groups is 2. The van der Waals surface area contributed by atoms with E-state index in [0.717, 1.165) is 5.56 Å². The summed E-state index contributed by atoms with van der Waals surface area (Å²) in [5.74, 6) is -1.51. The van der Waals surface area contributed by atoms with Crippen molar-refractivity contribution in [3.8, 4) is 34.5 Å². The molecule has 228 valence electrons. The molecule has 2 aromatic rings. The molecule has 2 aliphatic rings. The quantitative estimate of drug-likeness (QED) is 0.196. The van der Waals surface area contributed by atoms with Crippen LogP contribution in [-0.4, -0.2) is 115 Å². The van der Waals surface area contributed by atoms with Crippen LogP contribution in [0, 0.1) is 11.8 Å². The highest BCUT2D eigenvalue weighted by Gasteiger charge is 2.46. The molecule has 1 aliphatic carbocycles. The molecule has 8 atom stereocenters. The fourth-order valence-corrected chi connectivity index (χ4v) is 5.83. The average Bonchev–Trinajstić information content (AvgIpc) is 2.98. The van der Waals surface area contributed by atoms with E-state index in [1.54, 1.807) is 18.2 Å². The summed E-state index contributed by atoms with van der Waals surface area (Å²) in [7, 11) is 5.60. The maximum absolute atomic E-state index is 11.0. The topological polar surface area (TPSA) is 197 Å². The lowest BCUT2D eigenvalue weighted by atomic mass is 9.66. The van der Waals surface area contributed by atoms with Gasteiger partial charge in [-0.05, 0) is 47.6 Å². The van der Waals surface area contributed by atoms with Crippen molar-refractivity contribution in [1.82, 2.24) is 0 Å². The summed E-state index contributed by atoms with van der Waals surface area (Å²) < 4.78 is 33.3. The molecule has 0 aromatic heterocycles. The number of benzene rings is 2. The van der Waals surface area contributed by atoms with E-state index in [1.807, 2.05) is 0 Å². The molecule has 41 heavy (non-hydrogen) atoms. The van der Waals surface area contributed by atoms with Gasteiger partial charge >= 0.3 is 0 Å². The predicted octanol–water partition coefficient (Wildman–Crippen LogP) is -0.139. The van der Waals surface area contributed by atoms with E-state index in [9.17, 15) is 35.7 Å². The summed E-state index contributed by atoms with van der Waals surface area (Å²) in [6.45, 7) is -1.02. The Morgan fingerprint density at radius 2 is 1.39 bits per heavy atom. The monoisotopic (exact) mass is 582 g/mol. The SMILES string of the molecule is COc1cc([C@@H]2c3c(cc(OC)c(O)c3OC)C[C@H](CO)[C@H]2CO[C@H]2O[C@@H](CO)[C@H](O)[C@@H](O)[C@@H]2O)cc(OC)c1O. The number of methoxy groups -OCH3 is 4. The van der Waals surface area contributed by atoms with E-state index in [-0.39, 0.29) is 47.7 Å². The van der Waals surface area contributed by atoms with Gasteiger partial charge in [0.05, 0.1) is 41.7 Å². The van der Waals surface area contributed by atoms with Crippen LogP contribution in [0.2, 0.25) is 0 Å². The number of hydrogen-bond donors (Lipinski definition) is 7. The van der Waals surface area contributed by atoms with E-state index in [4.69, 9.17) is 28.4 Å². The summed E-state index contributed by atoms with van der Waals surface area (Å²) in [4.78, 5) is 0. The van der Waals surface area contributed by atoms with Gasteiger partial charge in [0.15, 0.2) is 29.3 Å². The molecule has 1 saturated heterocycles. The first-order chi connectivity index (χ1) is 19.6. The molecule has 0 radical (unpaired) electrons. The van der Waals surface area contributed by atoms with Crippen LogP contribution in [0.1, 0.15) is 22.6 Å². The van der Waals surface area contributed by atoms with Gasteiger partial charge in [0.2, 0.25) is 11.5 Å². The summed E-state index contributed by atoms with van der Waals surface area (Å²) in [5.41, 5.74) is 1.88. The van der Waals surface area contributed by atoms with Gasteiger partial charge < -0.3 is 64.2 Å². The number of phenols is 2. The number of phenolic OH excluding ortho intramolecular Hbond substituents is 2. The number of aliphatic hydroxyl groups is 5. The van der Waals surface area contributed by atoms with E-state index in [0.29, 0.717) is 17.5 Å². The number of aliphatic hydroxyl groups excluding tert-OH is 5. The molecule has 1 heterocycles. The van der Waals surface area contributed by atoms with Crippen LogP contribution >= 0.6 is 0 Å². The molecule has 13 heteroatoms. The molecular weight excluding hydrogens is 544 g/mol. The molecule has 4 rings (SSSR count). The standard InChI is InChI=1S/C28H38O13/c1-36-16-7-13(8-17(37-2)22(16)31)20-15(11-40-28-26(35)25(34)23(32)19(10-30)41-28)14(9-29)5-12-6-18(38-3)24(33)27(39-4)21(12)20/h6-8,14-15,19-20,23,25-26,28-35H,5,9-11H2,1-4H3/t14-,15-,19+,20+,23+,25-,26+,28+/m1/s1. The molecule has 0 amide bonds. The first kappa shape index (κ1) is 30.9. The predicted molar refractivity (Wildman–Crippen MR) is 142 cm³/mol. The molecular formula is C28H38O13. The second-order valence-electron chi connectivity index (χ2n) is 10.1. The molecule has 0 saturated carbocycles. The van der Waals surface area contributed by atoms with E-state index in [1.165, 1.54) is 28.4 Å². The third kappa shape index (κ3) is 5.58. The first-order valence-corrected chi connectivity index (χ1v) is 13.1. The fraction of sp³-hybridized carbons (Fsp3) is 0.571. The Morgan fingerprint density at radius 3 is 1.93 bits per heavy atom. The Kier molecular flexibility index (Phi) is 9.70. The van der Waals surface area contributed by atoms with Crippen LogP contribution in [0.5, 0.6) is 34.5 Å². The smallest absolute Gasteiger partial charge is 0.201 e. The minimum absolute atomic E-state index is 0.123. The zero-order valence-electron chi connectivity index (χ0n) is 23.3. The number of ether oxygens (including phenoxy) is 6.